The zero-order valence-corrected chi connectivity index (χ0v) is 24.7. The van der Waals surface area contributed by atoms with E-state index in [0.29, 0.717) is 18.4 Å². The number of rotatable bonds is 8. The van der Waals surface area contributed by atoms with Crippen LogP contribution in [0.15, 0.2) is 44.4 Å². The zero-order chi connectivity index (χ0) is 27.7. The van der Waals surface area contributed by atoms with Crippen LogP contribution in [-0.2, 0) is 11.3 Å². The van der Waals surface area contributed by atoms with Crippen LogP contribution in [-0.4, -0.2) is 47.6 Å². The highest BCUT2D eigenvalue weighted by molar-refractivity contribution is 5.96. The molecule has 6 atom stereocenters. The molecule has 3 fully saturated rings. The minimum absolute atomic E-state index is 0.117. The van der Waals surface area contributed by atoms with Crippen molar-refractivity contribution in [2.24, 2.45) is 33.7 Å². The van der Waals surface area contributed by atoms with Crippen molar-refractivity contribution in [3.8, 4) is 0 Å². The van der Waals surface area contributed by atoms with E-state index in [1.807, 2.05) is 6.07 Å². The first-order valence-corrected chi connectivity index (χ1v) is 15.6. The molecule has 1 aromatic heterocycles. The predicted octanol–water partition coefficient (Wildman–Crippen LogP) is 6.37. The minimum Gasteiger partial charge on any atom is -0.431 e. The lowest BCUT2D eigenvalue weighted by Crippen LogP contribution is -2.62. The number of aliphatic hydroxyl groups is 1. The first-order chi connectivity index (χ1) is 18.7. The van der Waals surface area contributed by atoms with Crippen molar-refractivity contribution in [3.05, 3.63) is 46.0 Å². The summed E-state index contributed by atoms with van der Waals surface area (Å²) in [5.41, 5.74) is 2.50. The Balaban J connectivity index is 1.27. The maximum atomic E-state index is 12.4. The average Bonchev–Trinajstić information content (AvgIpc) is 2.93. The molecule has 0 spiro atoms. The molecule has 4 aliphatic rings. The fourth-order valence-electron chi connectivity index (χ4n) is 8.83. The van der Waals surface area contributed by atoms with Gasteiger partial charge < -0.3 is 14.4 Å². The van der Waals surface area contributed by atoms with Crippen LogP contribution in [0.5, 0.6) is 0 Å². The highest BCUT2D eigenvalue weighted by Gasteiger charge is 2.61. The molecule has 0 amide bonds. The Labute approximate surface area is 234 Å². The molecule has 0 aromatic carbocycles. The van der Waals surface area contributed by atoms with Crippen LogP contribution in [0.4, 0.5) is 0 Å². The molecular formula is C33H50N2O4. The second-order valence-electron chi connectivity index (χ2n) is 13.5. The third kappa shape index (κ3) is 5.53. The fraction of sp³-hybridized carbons (Fsp3) is 0.758. The van der Waals surface area contributed by atoms with Crippen molar-refractivity contribution in [2.75, 3.05) is 26.2 Å². The molecule has 2 heterocycles. The first-order valence-electron chi connectivity index (χ1n) is 15.6. The molecule has 0 radical (unpaired) electrons. The van der Waals surface area contributed by atoms with E-state index in [1.54, 1.807) is 6.26 Å². The maximum Gasteiger partial charge on any atom is 0.335 e. The molecule has 5 rings (SSSR count). The summed E-state index contributed by atoms with van der Waals surface area (Å²) in [6.07, 6.45) is 16.0. The molecule has 1 aliphatic heterocycles. The molecule has 1 aromatic rings. The molecule has 6 heteroatoms. The van der Waals surface area contributed by atoms with Gasteiger partial charge in [0.1, 0.15) is 6.61 Å². The summed E-state index contributed by atoms with van der Waals surface area (Å²) in [7, 11) is 0. The SMILES string of the molecule is CCC(Cc1ccc(=O)oc1)C1(C)CCC2C(CCC3=C/C(=N/OCCN4CCCCC4)CCC32C)C1(C)O. The van der Waals surface area contributed by atoms with E-state index in [4.69, 9.17) is 9.25 Å². The topological polar surface area (TPSA) is 75.3 Å². The van der Waals surface area contributed by atoms with Crippen LogP contribution in [0.1, 0.15) is 97.5 Å². The van der Waals surface area contributed by atoms with Gasteiger partial charge in [-0.15, -0.1) is 0 Å². The van der Waals surface area contributed by atoms with Crippen LogP contribution in [0, 0.1) is 28.6 Å². The molecule has 1 saturated heterocycles. The molecule has 2 saturated carbocycles. The van der Waals surface area contributed by atoms with Crippen molar-refractivity contribution < 1.29 is 14.4 Å². The lowest BCUT2D eigenvalue weighted by Gasteiger charge is -2.63. The third-order valence-corrected chi connectivity index (χ3v) is 11.6. The van der Waals surface area contributed by atoms with Crippen LogP contribution < -0.4 is 5.63 Å². The summed E-state index contributed by atoms with van der Waals surface area (Å²) >= 11 is 0. The van der Waals surface area contributed by atoms with Crippen LogP contribution >= 0.6 is 0 Å². The molecule has 6 unspecified atom stereocenters. The molecule has 1 N–H and O–H groups in total. The van der Waals surface area contributed by atoms with Gasteiger partial charge in [0.25, 0.3) is 0 Å². The third-order valence-electron chi connectivity index (χ3n) is 11.6. The Bertz CT molecular complexity index is 1100. The summed E-state index contributed by atoms with van der Waals surface area (Å²) < 4.78 is 5.16. The lowest BCUT2D eigenvalue weighted by molar-refractivity contribution is -0.198. The van der Waals surface area contributed by atoms with E-state index >= 15 is 0 Å². The number of piperidine rings is 1. The van der Waals surface area contributed by atoms with Gasteiger partial charge in [-0.25, -0.2) is 4.79 Å². The zero-order valence-electron chi connectivity index (χ0n) is 24.7. The van der Waals surface area contributed by atoms with Gasteiger partial charge in [0.15, 0.2) is 0 Å². The Morgan fingerprint density at radius 3 is 2.62 bits per heavy atom. The van der Waals surface area contributed by atoms with E-state index in [0.717, 1.165) is 69.2 Å². The van der Waals surface area contributed by atoms with Crippen molar-refractivity contribution in [1.82, 2.24) is 4.90 Å². The van der Waals surface area contributed by atoms with Gasteiger partial charge >= 0.3 is 5.63 Å². The monoisotopic (exact) mass is 538 g/mol. The standard InChI is InChI=1S/C33H50N2O4/c1-5-25(21-24-9-12-30(36)38-23-24)32(3)16-14-28-29(33(32,4)37)11-10-26-22-27(13-15-31(26,28)2)34-39-20-19-35-17-7-6-8-18-35/h9,12,22-23,25,28-29,37H,5-8,10-11,13-21H2,1-4H3/b34-27+. The van der Waals surface area contributed by atoms with Gasteiger partial charge in [0.05, 0.1) is 17.6 Å². The second kappa shape index (κ2) is 11.5. The predicted molar refractivity (Wildman–Crippen MR) is 156 cm³/mol. The minimum atomic E-state index is -0.757. The number of allylic oxidation sites excluding steroid dienone is 2. The van der Waals surface area contributed by atoms with Crippen LogP contribution in [0.2, 0.25) is 0 Å². The smallest absolute Gasteiger partial charge is 0.335 e. The number of nitrogens with zero attached hydrogens (tertiary/aromatic N) is 2. The van der Waals surface area contributed by atoms with Gasteiger partial charge in [-0.1, -0.05) is 44.3 Å². The maximum absolute atomic E-state index is 12.4. The molecule has 3 aliphatic carbocycles. The number of fused-ring (bicyclic) bond motifs is 3. The van der Waals surface area contributed by atoms with Crippen molar-refractivity contribution in [1.29, 1.82) is 0 Å². The summed E-state index contributed by atoms with van der Waals surface area (Å²) in [6.45, 7) is 13.2. The lowest BCUT2D eigenvalue weighted by atomic mass is 9.43. The van der Waals surface area contributed by atoms with E-state index in [2.05, 4.69) is 43.8 Å². The second-order valence-corrected chi connectivity index (χ2v) is 13.5. The van der Waals surface area contributed by atoms with Crippen molar-refractivity contribution in [2.45, 2.75) is 104 Å². The summed E-state index contributed by atoms with van der Waals surface area (Å²) in [4.78, 5) is 19.7. The molecular weight excluding hydrogens is 488 g/mol. The summed E-state index contributed by atoms with van der Waals surface area (Å²) in [5.74, 6) is 1.08. The Morgan fingerprint density at radius 2 is 1.90 bits per heavy atom. The van der Waals surface area contributed by atoms with Crippen LogP contribution in [0.3, 0.4) is 0 Å². The number of hydrogen-bond acceptors (Lipinski definition) is 6. The molecule has 0 bridgehead atoms. The summed E-state index contributed by atoms with van der Waals surface area (Å²) in [5, 5.41) is 16.9. The van der Waals surface area contributed by atoms with Gasteiger partial charge in [0, 0.05) is 12.6 Å². The van der Waals surface area contributed by atoms with Gasteiger partial charge in [-0.3, -0.25) is 4.90 Å². The Hall–Kier alpha value is -1.92. The van der Waals surface area contributed by atoms with Crippen LogP contribution in [0.25, 0.3) is 0 Å². The molecule has 39 heavy (non-hydrogen) atoms. The largest absolute Gasteiger partial charge is 0.431 e. The van der Waals surface area contributed by atoms with Gasteiger partial charge in [-0.2, -0.15) is 0 Å². The molecule has 6 nitrogen and oxygen atoms in total. The highest BCUT2D eigenvalue weighted by Crippen LogP contribution is 2.64. The number of likely N-dealkylation sites (tertiary alicyclic amines) is 1. The first kappa shape index (κ1) is 28.6. The quantitative estimate of drug-likeness (QED) is 0.307. The van der Waals surface area contributed by atoms with Gasteiger partial charge in [0.2, 0.25) is 0 Å². The van der Waals surface area contributed by atoms with Gasteiger partial charge in [-0.05, 0) is 124 Å². The summed E-state index contributed by atoms with van der Waals surface area (Å²) in [6, 6.07) is 3.39. The van der Waals surface area contributed by atoms with E-state index in [-0.39, 0.29) is 22.4 Å². The van der Waals surface area contributed by atoms with Crippen molar-refractivity contribution in [3.63, 3.8) is 0 Å². The van der Waals surface area contributed by atoms with Crippen molar-refractivity contribution >= 4 is 5.71 Å². The highest BCUT2D eigenvalue weighted by atomic mass is 16.6. The average molecular weight is 539 g/mol. The van der Waals surface area contributed by atoms with E-state index in [1.165, 1.54) is 44.0 Å². The van der Waals surface area contributed by atoms with E-state index in [9.17, 15) is 9.90 Å². The molecule has 216 valence electrons. The number of hydrogen-bond donors (Lipinski definition) is 1. The fourth-order valence-corrected chi connectivity index (χ4v) is 8.83. The Morgan fingerprint density at radius 1 is 1.10 bits per heavy atom. The van der Waals surface area contributed by atoms with E-state index < -0.39 is 5.60 Å². The Kier molecular flexibility index (Phi) is 8.45. The number of oxime groups is 1. The normalized spacial score (nSPS) is 37.1.